The molecule has 1 unspecified atom stereocenters. The van der Waals surface area contributed by atoms with Crippen LogP contribution >= 0.6 is 15.9 Å². The average Bonchev–Trinajstić information content (AvgIpc) is 2.13. The van der Waals surface area contributed by atoms with Crippen molar-refractivity contribution in [3.8, 4) is 0 Å². The molecule has 1 atom stereocenters. The third-order valence-electron chi connectivity index (χ3n) is 2.78. The zero-order valence-electron chi connectivity index (χ0n) is 9.35. The summed E-state index contributed by atoms with van der Waals surface area (Å²) in [7, 11) is 0. The second-order valence-corrected chi connectivity index (χ2v) is 5.66. The highest BCUT2D eigenvalue weighted by atomic mass is 79.9. The molecule has 1 aliphatic heterocycles. The van der Waals surface area contributed by atoms with Gasteiger partial charge in [0.25, 0.3) is 0 Å². The van der Waals surface area contributed by atoms with E-state index in [4.69, 9.17) is 0 Å². The summed E-state index contributed by atoms with van der Waals surface area (Å²) in [5.74, 6) is 0.570. The zero-order valence-corrected chi connectivity index (χ0v) is 10.9. The highest BCUT2D eigenvalue weighted by Gasteiger charge is 2.29. The lowest BCUT2D eigenvalue weighted by Crippen LogP contribution is -2.45. The van der Waals surface area contributed by atoms with Gasteiger partial charge in [-0.2, -0.15) is 0 Å². The van der Waals surface area contributed by atoms with Crippen molar-refractivity contribution in [1.82, 2.24) is 4.90 Å². The van der Waals surface area contributed by atoms with Crippen molar-refractivity contribution in [2.45, 2.75) is 33.6 Å². The summed E-state index contributed by atoms with van der Waals surface area (Å²) >= 11 is 3.49. The summed E-state index contributed by atoms with van der Waals surface area (Å²) in [6.45, 7) is 8.24. The predicted molar refractivity (Wildman–Crippen MR) is 62.6 cm³/mol. The van der Waals surface area contributed by atoms with E-state index >= 15 is 0 Å². The van der Waals surface area contributed by atoms with Crippen LogP contribution in [0.1, 0.15) is 33.6 Å². The highest BCUT2D eigenvalue weighted by Crippen LogP contribution is 2.24. The SMILES string of the molecule is CC1CCCN(CC(C)(C)CBr)C1=O. The lowest BCUT2D eigenvalue weighted by Gasteiger charge is -2.36. The molecule has 0 aromatic carbocycles. The summed E-state index contributed by atoms with van der Waals surface area (Å²) in [4.78, 5) is 13.9. The van der Waals surface area contributed by atoms with Crippen LogP contribution in [0, 0.1) is 11.3 Å². The van der Waals surface area contributed by atoms with Gasteiger partial charge in [0.05, 0.1) is 0 Å². The standard InChI is InChI=1S/C11H20BrNO/c1-9-5-4-6-13(10(9)14)8-11(2,3)7-12/h9H,4-8H2,1-3H3. The van der Waals surface area contributed by atoms with Gasteiger partial charge in [-0.25, -0.2) is 0 Å². The lowest BCUT2D eigenvalue weighted by molar-refractivity contribution is -0.139. The molecule has 0 aromatic heterocycles. The number of carbonyl (C=O) groups excluding carboxylic acids is 1. The van der Waals surface area contributed by atoms with Crippen LogP contribution in [0.3, 0.4) is 0 Å². The van der Waals surface area contributed by atoms with E-state index in [1.165, 1.54) is 0 Å². The van der Waals surface area contributed by atoms with Gasteiger partial charge < -0.3 is 4.90 Å². The van der Waals surface area contributed by atoms with Gasteiger partial charge in [-0.15, -0.1) is 0 Å². The fraction of sp³-hybridized carbons (Fsp3) is 0.909. The minimum atomic E-state index is 0.187. The van der Waals surface area contributed by atoms with Gasteiger partial charge in [-0.1, -0.05) is 36.7 Å². The molecule has 0 bridgehead atoms. The molecule has 3 heteroatoms. The van der Waals surface area contributed by atoms with Crippen LogP contribution in [0.2, 0.25) is 0 Å². The van der Waals surface area contributed by atoms with Crippen LogP contribution in [-0.4, -0.2) is 29.2 Å². The molecule has 1 saturated heterocycles. The number of alkyl halides is 1. The average molecular weight is 262 g/mol. The molecule has 0 spiro atoms. The lowest BCUT2D eigenvalue weighted by atomic mass is 9.92. The number of nitrogens with zero attached hydrogens (tertiary/aromatic N) is 1. The monoisotopic (exact) mass is 261 g/mol. The van der Waals surface area contributed by atoms with Crippen LogP contribution < -0.4 is 0 Å². The maximum Gasteiger partial charge on any atom is 0.225 e. The van der Waals surface area contributed by atoms with Crippen LogP contribution in [0.5, 0.6) is 0 Å². The Morgan fingerprint density at radius 2 is 2.21 bits per heavy atom. The Balaban J connectivity index is 2.55. The highest BCUT2D eigenvalue weighted by molar-refractivity contribution is 9.09. The molecule has 1 fully saturated rings. The number of hydrogen-bond acceptors (Lipinski definition) is 1. The van der Waals surface area contributed by atoms with E-state index in [1.54, 1.807) is 0 Å². The van der Waals surface area contributed by atoms with E-state index in [0.717, 1.165) is 31.3 Å². The molecule has 82 valence electrons. The summed E-state index contributed by atoms with van der Waals surface area (Å²) in [6, 6.07) is 0. The first-order valence-electron chi connectivity index (χ1n) is 5.31. The smallest absolute Gasteiger partial charge is 0.225 e. The van der Waals surface area contributed by atoms with Crippen molar-refractivity contribution in [2.75, 3.05) is 18.4 Å². The van der Waals surface area contributed by atoms with Crippen molar-refractivity contribution in [3.05, 3.63) is 0 Å². The first-order chi connectivity index (χ1) is 6.46. The molecule has 0 N–H and O–H groups in total. The van der Waals surface area contributed by atoms with E-state index in [-0.39, 0.29) is 11.3 Å². The topological polar surface area (TPSA) is 20.3 Å². The summed E-state index contributed by atoms with van der Waals surface area (Å²) in [5, 5.41) is 0.943. The predicted octanol–water partition coefficient (Wildman–Crippen LogP) is 2.67. The number of rotatable bonds is 3. The van der Waals surface area contributed by atoms with Crippen molar-refractivity contribution >= 4 is 21.8 Å². The molecule has 0 aliphatic carbocycles. The maximum atomic E-state index is 11.8. The Morgan fingerprint density at radius 3 is 2.79 bits per heavy atom. The fourth-order valence-electron chi connectivity index (χ4n) is 1.85. The van der Waals surface area contributed by atoms with Gasteiger partial charge in [0.2, 0.25) is 5.91 Å². The fourth-order valence-corrected chi connectivity index (χ4v) is 2.03. The van der Waals surface area contributed by atoms with E-state index < -0.39 is 0 Å². The molecule has 0 aromatic rings. The number of carbonyl (C=O) groups is 1. The number of piperidine rings is 1. The molecule has 1 heterocycles. The molecular weight excluding hydrogens is 242 g/mol. The molecular formula is C11H20BrNO. The van der Waals surface area contributed by atoms with E-state index in [9.17, 15) is 4.79 Å². The van der Waals surface area contributed by atoms with Crippen LogP contribution in [0.25, 0.3) is 0 Å². The van der Waals surface area contributed by atoms with Crippen LogP contribution in [0.4, 0.5) is 0 Å². The van der Waals surface area contributed by atoms with Gasteiger partial charge in [-0.05, 0) is 18.3 Å². The van der Waals surface area contributed by atoms with Gasteiger partial charge in [0, 0.05) is 24.3 Å². The number of hydrogen-bond donors (Lipinski definition) is 0. The normalized spacial score (nSPS) is 24.1. The minimum Gasteiger partial charge on any atom is -0.342 e. The van der Waals surface area contributed by atoms with Crippen molar-refractivity contribution in [3.63, 3.8) is 0 Å². The van der Waals surface area contributed by atoms with Gasteiger partial charge in [-0.3, -0.25) is 4.79 Å². The van der Waals surface area contributed by atoms with Gasteiger partial charge >= 0.3 is 0 Å². The number of likely N-dealkylation sites (tertiary alicyclic amines) is 1. The van der Waals surface area contributed by atoms with Crippen molar-refractivity contribution < 1.29 is 4.79 Å². The van der Waals surface area contributed by atoms with Crippen LogP contribution in [0.15, 0.2) is 0 Å². The Kier molecular flexibility index (Phi) is 3.99. The summed E-state index contributed by atoms with van der Waals surface area (Å²) in [5.41, 5.74) is 0.187. The Bertz CT molecular complexity index is 215. The Labute approximate surface area is 95.2 Å². The van der Waals surface area contributed by atoms with Gasteiger partial charge in [0.15, 0.2) is 0 Å². The van der Waals surface area contributed by atoms with Gasteiger partial charge in [0.1, 0.15) is 0 Å². The Morgan fingerprint density at radius 1 is 1.57 bits per heavy atom. The molecule has 2 nitrogen and oxygen atoms in total. The largest absolute Gasteiger partial charge is 0.342 e. The third-order valence-corrected chi connectivity index (χ3v) is 4.30. The summed E-state index contributed by atoms with van der Waals surface area (Å²) < 4.78 is 0. The molecule has 1 aliphatic rings. The molecule has 0 radical (unpaired) electrons. The zero-order chi connectivity index (χ0) is 10.8. The quantitative estimate of drug-likeness (QED) is 0.716. The summed E-state index contributed by atoms with van der Waals surface area (Å²) in [6.07, 6.45) is 2.22. The number of halogens is 1. The van der Waals surface area contributed by atoms with Crippen molar-refractivity contribution in [2.24, 2.45) is 11.3 Å². The molecule has 1 rings (SSSR count). The number of amides is 1. The first kappa shape index (κ1) is 12.0. The minimum absolute atomic E-state index is 0.187. The second-order valence-electron chi connectivity index (χ2n) is 5.10. The Hall–Kier alpha value is -0.0500. The second kappa shape index (κ2) is 4.65. The first-order valence-corrected chi connectivity index (χ1v) is 6.43. The molecule has 14 heavy (non-hydrogen) atoms. The van der Waals surface area contributed by atoms with Crippen LogP contribution in [-0.2, 0) is 4.79 Å². The maximum absolute atomic E-state index is 11.8. The molecule has 0 saturated carbocycles. The van der Waals surface area contributed by atoms with E-state index in [2.05, 4.69) is 29.8 Å². The van der Waals surface area contributed by atoms with E-state index in [1.807, 2.05) is 11.8 Å². The van der Waals surface area contributed by atoms with Crippen molar-refractivity contribution in [1.29, 1.82) is 0 Å². The third kappa shape index (κ3) is 2.97. The van der Waals surface area contributed by atoms with E-state index in [0.29, 0.717) is 5.91 Å². The molecule has 1 amide bonds.